The van der Waals surface area contributed by atoms with Gasteiger partial charge in [-0.15, -0.1) is 6.58 Å². The Balaban J connectivity index is 1.49. The Labute approximate surface area is 172 Å². The Kier molecular flexibility index (Phi) is 5.86. The van der Waals surface area contributed by atoms with Crippen LogP contribution in [0.2, 0.25) is 0 Å². The van der Waals surface area contributed by atoms with Crippen LogP contribution in [0.25, 0.3) is 0 Å². The van der Waals surface area contributed by atoms with E-state index < -0.39 is 29.9 Å². The molecule has 0 spiro atoms. The van der Waals surface area contributed by atoms with Gasteiger partial charge in [0.25, 0.3) is 0 Å². The second-order valence-electron chi connectivity index (χ2n) is 7.88. The second kappa shape index (κ2) is 8.38. The highest BCUT2D eigenvalue weighted by Crippen LogP contribution is 2.46. The fraction of sp³-hybridized carbons (Fsp3) is 0.417. The van der Waals surface area contributed by atoms with E-state index in [1.807, 2.05) is 74.5 Å². The highest BCUT2D eigenvalue weighted by Gasteiger charge is 2.63. The Morgan fingerprint density at radius 2 is 1.55 bits per heavy atom. The van der Waals surface area contributed by atoms with Gasteiger partial charge in [0.2, 0.25) is 0 Å². The van der Waals surface area contributed by atoms with Crippen LogP contribution in [-0.2, 0) is 36.9 Å². The Morgan fingerprint density at radius 3 is 2.17 bits per heavy atom. The quantitative estimate of drug-likeness (QED) is 0.625. The molecule has 2 aromatic rings. The first-order chi connectivity index (χ1) is 14.0. The molecule has 0 bridgehead atoms. The van der Waals surface area contributed by atoms with Gasteiger partial charge < -0.3 is 23.7 Å². The predicted octanol–water partition coefficient (Wildman–Crippen LogP) is 4.22. The summed E-state index contributed by atoms with van der Waals surface area (Å²) < 4.78 is 30.7. The molecule has 2 aromatic carbocycles. The predicted molar refractivity (Wildman–Crippen MR) is 109 cm³/mol. The molecule has 0 N–H and O–H groups in total. The molecular formula is C24H28O5. The summed E-state index contributed by atoms with van der Waals surface area (Å²) >= 11 is 0. The first-order valence-electron chi connectivity index (χ1n) is 9.97. The second-order valence-corrected chi connectivity index (χ2v) is 7.88. The molecular weight excluding hydrogens is 368 g/mol. The minimum atomic E-state index is -0.870. The van der Waals surface area contributed by atoms with Crippen molar-refractivity contribution in [1.29, 1.82) is 0 Å². The summed E-state index contributed by atoms with van der Waals surface area (Å²) in [5, 5.41) is 0. The van der Waals surface area contributed by atoms with E-state index in [2.05, 4.69) is 6.58 Å². The van der Waals surface area contributed by atoms with Crippen LogP contribution in [0.4, 0.5) is 0 Å². The number of benzene rings is 2. The van der Waals surface area contributed by atoms with Crippen molar-refractivity contribution in [2.75, 3.05) is 6.61 Å². The smallest absolute Gasteiger partial charge is 0.191 e. The highest BCUT2D eigenvalue weighted by molar-refractivity contribution is 5.18. The van der Waals surface area contributed by atoms with Gasteiger partial charge in [0.05, 0.1) is 19.8 Å². The van der Waals surface area contributed by atoms with E-state index in [1.165, 1.54) is 0 Å². The summed E-state index contributed by atoms with van der Waals surface area (Å²) in [5.41, 5.74) is 1.30. The van der Waals surface area contributed by atoms with Gasteiger partial charge >= 0.3 is 0 Å². The molecule has 2 heterocycles. The first-order valence-corrected chi connectivity index (χ1v) is 9.97. The highest BCUT2D eigenvalue weighted by atomic mass is 16.8. The Hall–Kier alpha value is -2.02. The van der Waals surface area contributed by atoms with E-state index >= 15 is 0 Å². The van der Waals surface area contributed by atoms with Gasteiger partial charge in [-0.2, -0.15) is 0 Å². The number of rotatable bonds is 8. The molecule has 0 aliphatic carbocycles. The van der Waals surface area contributed by atoms with Crippen LogP contribution < -0.4 is 0 Å². The van der Waals surface area contributed by atoms with Gasteiger partial charge in [-0.1, -0.05) is 66.7 Å². The fourth-order valence-corrected chi connectivity index (χ4v) is 3.88. The maximum atomic E-state index is 6.42. The summed E-state index contributed by atoms with van der Waals surface area (Å²) in [4.78, 5) is 0. The molecule has 154 valence electrons. The van der Waals surface area contributed by atoms with E-state index in [9.17, 15) is 0 Å². The van der Waals surface area contributed by atoms with E-state index in [0.29, 0.717) is 19.8 Å². The molecule has 2 aliphatic rings. The molecule has 5 nitrogen and oxygen atoms in total. The summed E-state index contributed by atoms with van der Waals surface area (Å²) in [7, 11) is 0. The molecule has 0 saturated carbocycles. The van der Waals surface area contributed by atoms with Crippen LogP contribution in [0.15, 0.2) is 73.3 Å². The molecule has 29 heavy (non-hydrogen) atoms. The molecule has 0 aromatic heterocycles. The van der Waals surface area contributed by atoms with Crippen molar-refractivity contribution in [3.8, 4) is 0 Å². The van der Waals surface area contributed by atoms with Crippen LogP contribution in [-0.4, -0.2) is 36.5 Å². The molecule has 4 rings (SSSR count). The largest absolute Gasteiger partial charge is 0.374 e. The molecule has 0 unspecified atom stereocenters. The number of fused-ring (bicyclic) bond motifs is 1. The third-order valence-corrected chi connectivity index (χ3v) is 5.34. The van der Waals surface area contributed by atoms with Gasteiger partial charge in [-0.05, 0) is 25.0 Å². The maximum absolute atomic E-state index is 6.42. The van der Waals surface area contributed by atoms with E-state index in [4.69, 9.17) is 23.7 Å². The lowest BCUT2D eigenvalue weighted by molar-refractivity contribution is -0.236. The van der Waals surface area contributed by atoms with E-state index in [1.54, 1.807) is 6.08 Å². The van der Waals surface area contributed by atoms with Crippen LogP contribution in [0.1, 0.15) is 25.0 Å². The number of ether oxygens (including phenoxy) is 5. The van der Waals surface area contributed by atoms with Crippen molar-refractivity contribution >= 4 is 0 Å². The van der Waals surface area contributed by atoms with Gasteiger partial charge in [-0.3, -0.25) is 0 Å². The molecule has 2 aliphatic heterocycles. The third-order valence-electron chi connectivity index (χ3n) is 5.34. The topological polar surface area (TPSA) is 46.2 Å². The molecule has 2 saturated heterocycles. The minimum absolute atomic E-state index is 0.343. The van der Waals surface area contributed by atoms with Crippen molar-refractivity contribution in [1.82, 2.24) is 0 Å². The zero-order valence-electron chi connectivity index (χ0n) is 17.0. The molecule has 5 heteroatoms. The van der Waals surface area contributed by atoms with Crippen molar-refractivity contribution in [2.45, 2.75) is 56.9 Å². The number of hydrogen-bond acceptors (Lipinski definition) is 5. The summed E-state index contributed by atoms with van der Waals surface area (Å²) in [6, 6.07) is 20.1. The lowest BCUT2D eigenvalue weighted by Crippen LogP contribution is -2.51. The first kappa shape index (κ1) is 20.3. The van der Waals surface area contributed by atoms with Crippen molar-refractivity contribution < 1.29 is 23.7 Å². The average molecular weight is 396 g/mol. The summed E-state index contributed by atoms with van der Waals surface area (Å²) in [6.45, 7) is 9.06. The van der Waals surface area contributed by atoms with Crippen LogP contribution in [0.5, 0.6) is 0 Å². The van der Waals surface area contributed by atoms with Crippen LogP contribution in [0.3, 0.4) is 0 Å². The van der Waals surface area contributed by atoms with Gasteiger partial charge in [0, 0.05) is 0 Å². The lowest BCUT2D eigenvalue weighted by Gasteiger charge is -2.35. The number of hydrogen-bond donors (Lipinski definition) is 0. The minimum Gasteiger partial charge on any atom is -0.374 e. The normalized spacial score (nSPS) is 30.2. The Bertz CT molecular complexity index is 807. The third kappa shape index (κ3) is 4.29. The zero-order chi connectivity index (χ0) is 20.3. The standard InChI is InChI=1S/C24H28O5/c1-4-24(26-16-19-13-9-6-10-14-19)20(17-25-15-18-11-7-5-8-12-18)27-22-21(24)28-23(2,3)29-22/h4-14,20-22H,1,15-17H2,2-3H3/t20-,21+,22-,24-/m1/s1. The van der Waals surface area contributed by atoms with Crippen LogP contribution >= 0.6 is 0 Å². The molecule has 4 atom stereocenters. The summed E-state index contributed by atoms with van der Waals surface area (Å²) in [5.74, 6) is -0.741. The lowest BCUT2D eigenvalue weighted by atomic mass is 9.92. The zero-order valence-corrected chi connectivity index (χ0v) is 17.0. The van der Waals surface area contributed by atoms with Crippen molar-refractivity contribution in [3.05, 3.63) is 84.4 Å². The van der Waals surface area contributed by atoms with Gasteiger partial charge in [0.15, 0.2) is 12.1 Å². The van der Waals surface area contributed by atoms with Crippen molar-refractivity contribution in [2.24, 2.45) is 0 Å². The molecule has 0 amide bonds. The molecule has 0 radical (unpaired) electrons. The maximum Gasteiger partial charge on any atom is 0.191 e. The van der Waals surface area contributed by atoms with E-state index in [0.717, 1.165) is 11.1 Å². The Morgan fingerprint density at radius 1 is 0.931 bits per heavy atom. The SMILES string of the molecule is C=C[C@@]1(OCc2ccccc2)[C@@H](COCc2ccccc2)O[C@@H]2OC(C)(C)O[C@@H]21. The van der Waals surface area contributed by atoms with E-state index in [-0.39, 0.29) is 0 Å². The average Bonchev–Trinajstić information content (AvgIpc) is 3.18. The molecule has 2 fully saturated rings. The summed E-state index contributed by atoms with van der Waals surface area (Å²) in [6.07, 6.45) is 0.453. The fourth-order valence-electron chi connectivity index (χ4n) is 3.88. The van der Waals surface area contributed by atoms with Gasteiger partial charge in [0.1, 0.15) is 17.8 Å². The van der Waals surface area contributed by atoms with Crippen molar-refractivity contribution in [3.63, 3.8) is 0 Å². The monoisotopic (exact) mass is 396 g/mol. The van der Waals surface area contributed by atoms with Crippen LogP contribution in [0, 0.1) is 0 Å². The van der Waals surface area contributed by atoms with Gasteiger partial charge in [-0.25, -0.2) is 0 Å².